The number of hydrogen-bond donors (Lipinski definition) is 1. The highest BCUT2D eigenvalue weighted by Gasteiger charge is 1.98. The Kier molecular flexibility index (Phi) is 18.3. The molecule has 3 heteroatoms. The summed E-state index contributed by atoms with van der Waals surface area (Å²) in [5.74, 6) is -0.0208. The van der Waals surface area contributed by atoms with Gasteiger partial charge < -0.3 is 9.84 Å². The first-order valence-electron chi connectivity index (χ1n) is 9.51. The highest BCUT2D eigenvalue weighted by Crippen LogP contribution is 2.11. The van der Waals surface area contributed by atoms with E-state index in [4.69, 9.17) is 9.84 Å². The van der Waals surface area contributed by atoms with Gasteiger partial charge in [-0.05, 0) is 19.3 Å². The third kappa shape index (κ3) is 17.6. The molecular weight excluding hydrogens is 276 g/mol. The van der Waals surface area contributed by atoms with Gasteiger partial charge in [-0.3, -0.25) is 4.79 Å². The van der Waals surface area contributed by atoms with Crippen molar-refractivity contribution in [2.75, 3.05) is 19.8 Å². The molecule has 0 amide bonds. The monoisotopic (exact) mass is 314 g/mol. The lowest BCUT2D eigenvalue weighted by Gasteiger charge is -2.04. The van der Waals surface area contributed by atoms with Crippen LogP contribution in [0.15, 0.2) is 0 Å². The minimum Gasteiger partial charge on any atom is -0.389 e. The van der Waals surface area contributed by atoms with Crippen molar-refractivity contribution < 1.29 is 14.6 Å². The summed E-state index contributed by atoms with van der Waals surface area (Å²) in [6.07, 6.45) is 16.7. The van der Waals surface area contributed by atoms with Crippen LogP contribution in [0.1, 0.15) is 96.8 Å². The van der Waals surface area contributed by atoms with Crippen molar-refractivity contribution in [3.8, 4) is 0 Å². The predicted molar refractivity (Wildman–Crippen MR) is 93.2 cm³/mol. The Bertz CT molecular complexity index is 229. The van der Waals surface area contributed by atoms with Crippen LogP contribution in [-0.4, -0.2) is 30.7 Å². The zero-order valence-corrected chi connectivity index (χ0v) is 14.8. The number of ketones is 1. The number of aliphatic hydroxyl groups is 1. The van der Waals surface area contributed by atoms with Gasteiger partial charge in [0.25, 0.3) is 0 Å². The SMILES string of the molecule is CCCCCCOCCCCCCCCCCCC(=O)CO. The van der Waals surface area contributed by atoms with Crippen molar-refractivity contribution in [1.29, 1.82) is 0 Å². The van der Waals surface area contributed by atoms with E-state index in [1.807, 2.05) is 0 Å². The van der Waals surface area contributed by atoms with Crippen LogP contribution in [-0.2, 0) is 9.53 Å². The van der Waals surface area contributed by atoms with Gasteiger partial charge >= 0.3 is 0 Å². The van der Waals surface area contributed by atoms with Crippen LogP contribution in [0, 0.1) is 0 Å². The zero-order chi connectivity index (χ0) is 16.3. The molecule has 0 aromatic heterocycles. The van der Waals surface area contributed by atoms with E-state index in [1.54, 1.807) is 0 Å². The summed E-state index contributed by atoms with van der Waals surface area (Å²) in [6.45, 7) is 3.82. The smallest absolute Gasteiger partial charge is 0.158 e. The first-order chi connectivity index (χ1) is 10.8. The Morgan fingerprint density at radius 1 is 0.727 bits per heavy atom. The first kappa shape index (κ1) is 21.6. The van der Waals surface area contributed by atoms with Crippen molar-refractivity contribution in [2.24, 2.45) is 0 Å². The van der Waals surface area contributed by atoms with Crippen molar-refractivity contribution in [2.45, 2.75) is 96.8 Å². The molecule has 0 atom stereocenters. The van der Waals surface area contributed by atoms with Gasteiger partial charge in [0.2, 0.25) is 0 Å². The summed E-state index contributed by atoms with van der Waals surface area (Å²) in [7, 11) is 0. The lowest BCUT2D eigenvalue weighted by atomic mass is 10.1. The minimum atomic E-state index is -0.289. The standard InChI is InChI=1S/C19H38O3/c1-2-3-4-13-16-22-17-14-11-9-7-5-6-8-10-12-15-19(21)18-20/h20H,2-18H2,1H3. The molecule has 22 heavy (non-hydrogen) atoms. The van der Waals surface area contributed by atoms with Crippen LogP contribution in [0.3, 0.4) is 0 Å². The van der Waals surface area contributed by atoms with Crippen LogP contribution < -0.4 is 0 Å². The van der Waals surface area contributed by atoms with E-state index in [2.05, 4.69) is 6.92 Å². The van der Waals surface area contributed by atoms with Crippen molar-refractivity contribution >= 4 is 5.78 Å². The van der Waals surface area contributed by atoms with Gasteiger partial charge in [0.05, 0.1) is 0 Å². The number of aliphatic hydroxyl groups excluding tert-OH is 1. The van der Waals surface area contributed by atoms with Gasteiger partial charge in [0.15, 0.2) is 5.78 Å². The average molecular weight is 315 g/mol. The maximum absolute atomic E-state index is 10.9. The van der Waals surface area contributed by atoms with E-state index < -0.39 is 0 Å². The summed E-state index contributed by atoms with van der Waals surface area (Å²) in [5, 5.41) is 8.60. The number of Topliss-reactive ketones (excluding diaryl/α,β-unsaturated/α-hetero) is 1. The number of hydrogen-bond acceptors (Lipinski definition) is 3. The zero-order valence-electron chi connectivity index (χ0n) is 14.8. The minimum absolute atomic E-state index is 0.0208. The number of carbonyl (C=O) groups is 1. The Labute approximate surface area is 137 Å². The fourth-order valence-corrected chi connectivity index (χ4v) is 2.58. The lowest BCUT2D eigenvalue weighted by Crippen LogP contribution is -2.02. The average Bonchev–Trinajstić information content (AvgIpc) is 2.54. The molecule has 0 heterocycles. The first-order valence-corrected chi connectivity index (χ1v) is 9.51. The quantitative estimate of drug-likeness (QED) is 0.360. The molecule has 0 bridgehead atoms. The number of carbonyl (C=O) groups excluding carboxylic acids is 1. The molecule has 0 spiro atoms. The van der Waals surface area contributed by atoms with Gasteiger partial charge in [-0.1, -0.05) is 71.1 Å². The Morgan fingerprint density at radius 2 is 1.18 bits per heavy atom. The molecule has 132 valence electrons. The summed E-state index contributed by atoms with van der Waals surface area (Å²) in [5.41, 5.74) is 0. The van der Waals surface area contributed by atoms with Gasteiger partial charge in [-0.15, -0.1) is 0 Å². The molecule has 0 aromatic rings. The summed E-state index contributed by atoms with van der Waals surface area (Å²) >= 11 is 0. The molecule has 0 saturated carbocycles. The van der Waals surface area contributed by atoms with E-state index in [1.165, 1.54) is 70.6 Å². The molecule has 0 aliphatic rings. The van der Waals surface area contributed by atoms with Crippen LogP contribution in [0.4, 0.5) is 0 Å². The van der Waals surface area contributed by atoms with Crippen LogP contribution in [0.2, 0.25) is 0 Å². The van der Waals surface area contributed by atoms with Gasteiger partial charge in [0, 0.05) is 19.6 Å². The third-order valence-electron chi connectivity index (χ3n) is 4.06. The van der Waals surface area contributed by atoms with Crippen LogP contribution >= 0.6 is 0 Å². The molecule has 0 fully saturated rings. The second-order valence-corrected chi connectivity index (χ2v) is 6.30. The Hall–Kier alpha value is -0.410. The normalized spacial score (nSPS) is 11.0. The number of rotatable bonds is 18. The van der Waals surface area contributed by atoms with Gasteiger partial charge in [0.1, 0.15) is 6.61 Å². The molecule has 3 nitrogen and oxygen atoms in total. The fourth-order valence-electron chi connectivity index (χ4n) is 2.58. The summed E-state index contributed by atoms with van der Waals surface area (Å²) < 4.78 is 5.64. The summed E-state index contributed by atoms with van der Waals surface area (Å²) in [6, 6.07) is 0. The van der Waals surface area contributed by atoms with E-state index in [9.17, 15) is 4.79 Å². The molecule has 0 aliphatic heterocycles. The van der Waals surface area contributed by atoms with Gasteiger partial charge in [-0.25, -0.2) is 0 Å². The number of unbranched alkanes of at least 4 members (excludes halogenated alkanes) is 11. The highest BCUT2D eigenvalue weighted by molar-refractivity contribution is 5.79. The van der Waals surface area contributed by atoms with Crippen LogP contribution in [0.5, 0.6) is 0 Å². The van der Waals surface area contributed by atoms with Gasteiger partial charge in [-0.2, -0.15) is 0 Å². The van der Waals surface area contributed by atoms with E-state index in [-0.39, 0.29) is 12.4 Å². The molecule has 0 aliphatic carbocycles. The highest BCUT2D eigenvalue weighted by atomic mass is 16.5. The van der Waals surface area contributed by atoms with Crippen LogP contribution in [0.25, 0.3) is 0 Å². The fraction of sp³-hybridized carbons (Fsp3) is 0.947. The molecule has 0 unspecified atom stereocenters. The lowest BCUT2D eigenvalue weighted by molar-refractivity contribution is -0.121. The molecule has 0 aromatic carbocycles. The number of ether oxygens (including phenoxy) is 1. The van der Waals surface area contributed by atoms with E-state index in [0.29, 0.717) is 6.42 Å². The Balaban J connectivity index is 2.98. The molecule has 0 rings (SSSR count). The van der Waals surface area contributed by atoms with Crippen molar-refractivity contribution in [3.63, 3.8) is 0 Å². The van der Waals surface area contributed by atoms with E-state index >= 15 is 0 Å². The summed E-state index contributed by atoms with van der Waals surface area (Å²) in [4.78, 5) is 10.9. The predicted octanol–water partition coefficient (Wildman–Crippen LogP) is 5.05. The second-order valence-electron chi connectivity index (χ2n) is 6.30. The Morgan fingerprint density at radius 3 is 1.68 bits per heavy atom. The third-order valence-corrected chi connectivity index (χ3v) is 4.06. The topological polar surface area (TPSA) is 46.5 Å². The molecule has 1 N–H and O–H groups in total. The second kappa shape index (κ2) is 18.6. The maximum atomic E-state index is 10.9. The molecule has 0 saturated heterocycles. The molecular formula is C19H38O3. The van der Waals surface area contributed by atoms with Crippen molar-refractivity contribution in [3.05, 3.63) is 0 Å². The van der Waals surface area contributed by atoms with Crippen molar-refractivity contribution in [1.82, 2.24) is 0 Å². The molecule has 0 radical (unpaired) electrons. The largest absolute Gasteiger partial charge is 0.389 e. The maximum Gasteiger partial charge on any atom is 0.158 e. The van der Waals surface area contributed by atoms with E-state index in [0.717, 1.165) is 26.1 Å².